The number of rotatable bonds is 2. The number of anilines is 1. The number of amides is 1. The number of aromatic nitrogens is 2. The number of fused-ring (bicyclic) bond motifs is 1. The van der Waals surface area contributed by atoms with Gasteiger partial charge in [0.15, 0.2) is 5.13 Å². The third kappa shape index (κ3) is 2.77. The zero-order valence-corrected chi connectivity index (χ0v) is 13.4. The first-order chi connectivity index (χ1) is 11.3. The van der Waals surface area contributed by atoms with Gasteiger partial charge in [0.25, 0.3) is 5.91 Å². The first-order valence-electron chi connectivity index (χ1n) is 7.60. The third-order valence-electron chi connectivity index (χ3n) is 4.11. The molecule has 6 heteroatoms. The maximum atomic E-state index is 12.7. The minimum Gasteiger partial charge on any atom is -0.345 e. The number of piperazine rings is 1. The van der Waals surface area contributed by atoms with E-state index < -0.39 is 0 Å². The molecular formula is C17H16N4OS. The third-order valence-corrected chi connectivity index (χ3v) is 4.94. The Morgan fingerprint density at radius 2 is 1.91 bits per heavy atom. The van der Waals surface area contributed by atoms with Crippen LogP contribution in [-0.4, -0.2) is 47.0 Å². The Hall–Kier alpha value is -2.47. The van der Waals surface area contributed by atoms with Gasteiger partial charge in [-0.2, -0.15) is 0 Å². The molecule has 0 unspecified atom stereocenters. The molecule has 1 aliphatic heterocycles. The van der Waals surface area contributed by atoms with Crippen molar-refractivity contribution >= 4 is 33.3 Å². The second-order valence-corrected chi connectivity index (χ2v) is 6.38. The quantitative estimate of drug-likeness (QED) is 0.727. The molecule has 1 fully saturated rings. The molecule has 0 atom stereocenters. The monoisotopic (exact) mass is 324 g/mol. The zero-order chi connectivity index (χ0) is 15.6. The van der Waals surface area contributed by atoms with Crippen LogP contribution in [0.15, 0.2) is 48.1 Å². The van der Waals surface area contributed by atoms with E-state index in [9.17, 15) is 4.79 Å². The summed E-state index contributed by atoms with van der Waals surface area (Å²) in [5, 5.41) is 4.02. The fraction of sp³-hybridized carbons (Fsp3) is 0.235. The van der Waals surface area contributed by atoms with E-state index in [1.165, 1.54) is 0 Å². The number of thiazole rings is 1. The van der Waals surface area contributed by atoms with E-state index in [1.54, 1.807) is 17.5 Å². The summed E-state index contributed by atoms with van der Waals surface area (Å²) in [4.78, 5) is 25.5. The summed E-state index contributed by atoms with van der Waals surface area (Å²) < 4.78 is 0. The van der Waals surface area contributed by atoms with Crippen molar-refractivity contribution in [2.75, 3.05) is 31.1 Å². The Balaban J connectivity index is 1.48. The maximum absolute atomic E-state index is 12.7. The van der Waals surface area contributed by atoms with Crippen LogP contribution in [-0.2, 0) is 0 Å². The summed E-state index contributed by atoms with van der Waals surface area (Å²) in [5.41, 5.74) is 1.64. The summed E-state index contributed by atoms with van der Waals surface area (Å²) in [7, 11) is 0. The molecule has 116 valence electrons. The van der Waals surface area contributed by atoms with Crippen LogP contribution < -0.4 is 4.90 Å². The Labute approximate surface area is 138 Å². The SMILES string of the molecule is O=C(c1ccc2ncccc2c1)N1CCN(c2nccs2)CC1. The number of hydrogen-bond donors (Lipinski definition) is 0. The molecule has 0 radical (unpaired) electrons. The lowest BCUT2D eigenvalue weighted by Crippen LogP contribution is -2.48. The molecule has 0 aliphatic carbocycles. The van der Waals surface area contributed by atoms with Crippen molar-refractivity contribution in [3.63, 3.8) is 0 Å². The van der Waals surface area contributed by atoms with Crippen LogP contribution in [0.4, 0.5) is 5.13 Å². The van der Waals surface area contributed by atoms with E-state index in [0.29, 0.717) is 0 Å². The Bertz CT molecular complexity index is 825. The van der Waals surface area contributed by atoms with Crippen molar-refractivity contribution in [2.45, 2.75) is 0 Å². The smallest absolute Gasteiger partial charge is 0.253 e. The number of hydrogen-bond acceptors (Lipinski definition) is 5. The van der Waals surface area contributed by atoms with Crippen LogP contribution in [0, 0.1) is 0 Å². The molecule has 1 aliphatic rings. The minimum absolute atomic E-state index is 0.0922. The first-order valence-corrected chi connectivity index (χ1v) is 8.48. The predicted molar refractivity (Wildman–Crippen MR) is 92.0 cm³/mol. The van der Waals surface area contributed by atoms with Crippen LogP contribution in [0.5, 0.6) is 0 Å². The van der Waals surface area contributed by atoms with Crippen molar-refractivity contribution in [3.05, 3.63) is 53.7 Å². The molecule has 4 rings (SSSR count). The molecule has 23 heavy (non-hydrogen) atoms. The van der Waals surface area contributed by atoms with Gasteiger partial charge in [-0.25, -0.2) is 4.98 Å². The van der Waals surface area contributed by atoms with Gasteiger partial charge in [0.2, 0.25) is 0 Å². The highest BCUT2D eigenvalue weighted by molar-refractivity contribution is 7.13. The lowest BCUT2D eigenvalue weighted by Gasteiger charge is -2.34. The van der Waals surface area contributed by atoms with Crippen LogP contribution in [0.3, 0.4) is 0 Å². The number of pyridine rings is 1. The molecule has 0 bridgehead atoms. The first kappa shape index (κ1) is 14.1. The maximum Gasteiger partial charge on any atom is 0.253 e. The molecule has 1 aromatic carbocycles. The highest BCUT2D eigenvalue weighted by Gasteiger charge is 2.23. The summed E-state index contributed by atoms with van der Waals surface area (Å²) in [6.07, 6.45) is 3.59. The molecule has 1 saturated heterocycles. The van der Waals surface area contributed by atoms with Gasteiger partial charge in [-0.3, -0.25) is 9.78 Å². The lowest BCUT2D eigenvalue weighted by atomic mass is 10.1. The average molecular weight is 324 g/mol. The van der Waals surface area contributed by atoms with Gasteiger partial charge in [0.1, 0.15) is 0 Å². The van der Waals surface area contributed by atoms with E-state index in [1.807, 2.05) is 46.8 Å². The fourth-order valence-corrected chi connectivity index (χ4v) is 3.56. The van der Waals surface area contributed by atoms with E-state index in [-0.39, 0.29) is 5.91 Å². The van der Waals surface area contributed by atoms with Gasteiger partial charge in [-0.1, -0.05) is 6.07 Å². The van der Waals surface area contributed by atoms with E-state index in [0.717, 1.165) is 47.8 Å². The van der Waals surface area contributed by atoms with Crippen LogP contribution in [0.1, 0.15) is 10.4 Å². The number of benzene rings is 1. The summed E-state index contributed by atoms with van der Waals surface area (Å²) in [5.74, 6) is 0.0922. The van der Waals surface area contributed by atoms with Gasteiger partial charge in [0.05, 0.1) is 5.52 Å². The van der Waals surface area contributed by atoms with Crippen molar-refractivity contribution in [2.24, 2.45) is 0 Å². The van der Waals surface area contributed by atoms with Gasteiger partial charge < -0.3 is 9.80 Å². The lowest BCUT2D eigenvalue weighted by molar-refractivity contribution is 0.0747. The highest BCUT2D eigenvalue weighted by atomic mass is 32.1. The molecule has 1 amide bonds. The molecule has 0 saturated carbocycles. The standard InChI is InChI=1S/C17H16N4OS/c22-16(14-3-4-15-13(12-14)2-1-5-18-15)20-7-9-21(10-8-20)17-19-6-11-23-17/h1-6,11-12H,7-10H2. The summed E-state index contributed by atoms with van der Waals surface area (Å²) in [6, 6.07) is 9.58. The van der Waals surface area contributed by atoms with Crippen molar-refractivity contribution in [3.8, 4) is 0 Å². The van der Waals surface area contributed by atoms with Gasteiger partial charge in [0, 0.05) is 54.9 Å². The van der Waals surface area contributed by atoms with E-state index in [4.69, 9.17) is 0 Å². The second kappa shape index (κ2) is 5.96. The minimum atomic E-state index is 0.0922. The van der Waals surface area contributed by atoms with Crippen molar-refractivity contribution in [1.29, 1.82) is 0 Å². The fourth-order valence-electron chi connectivity index (χ4n) is 2.86. The average Bonchev–Trinajstić information content (AvgIpc) is 3.15. The van der Waals surface area contributed by atoms with Crippen molar-refractivity contribution in [1.82, 2.24) is 14.9 Å². The van der Waals surface area contributed by atoms with Gasteiger partial charge in [-0.05, 0) is 24.3 Å². The van der Waals surface area contributed by atoms with Gasteiger partial charge >= 0.3 is 0 Å². The topological polar surface area (TPSA) is 49.3 Å². The Morgan fingerprint density at radius 1 is 1.04 bits per heavy atom. The van der Waals surface area contributed by atoms with Crippen LogP contribution in [0.25, 0.3) is 10.9 Å². The molecule has 5 nitrogen and oxygen atoms in total. The molecule has 3 heterocycles. The number of carbonyl (C=O) groups is 1. The Morgan fingerprint density at radius 3 is 2.70 bits per heavy atom. The van der Waals surface area contributed by atoms with Gasteiger partial charge in [-0.15, -0.1) is 11.3 Å². The molecular weight excluding hydrogens is 308 g/mol. The van der Waals surface area contributed by atoms with E-state index >= 15 is 0 Å². The Kier molecular flexibility index (Phi) is 3.67. The zero-order valence-electron chi connectivity index (χ0n) is 12.6. The van der Waals surface area contributed by atoms with Crippen LogP contribution in [0.2, 0.25) is 0 Å². The molecule has 3 aromatic rings. The normalized spacial score (nSPS) is 15.1. The molecule has 0 spiro atoms. The largest absolute Gasteiger partial charge is 0.345 e. The number of carbonyl (C=O) groups excluding carboxylic acids is 1. The summed E-state index contributed by atoms with van der Waals surface area (Å²) >= 11 is 1.64. The van der Waals surface area contributed by atoms with Crippen molar-refractivity contribution < 1.29 is 4.79 Å². The summed E-state index contributed by atoms with van der Waals surface area (Å²) in [6.45, 7) is 3.11. The molecule has 2 aromatic heterocycles. The molecule has 0 N–H and O–H groups in total. The predicted octanol–water partition coefficient (Wildman–Crippen LogP) is 2.65. The highest BCUT2D eigenvalue weighted by Crippen LogP contribution is 2.20. The van der Waals surface area contributed by atoms with Crippen LogP contribution >= 0.6 is 11.3 Å². The number of nitrogens with zero attached hydrogens (tertiary/aromatic N) is 4. The van der Waals surface area contributed by atoms with E-state index in [2.05, 4.69) is 14.9 Å². The second-order valence-electron chi connectivity index (χ2n) is 5.50.